The van der Waals surface area contributed by atoms with Crippen molar-refractivity contribution in [1.29, 1.82) is 0 Å². The highest BCUT2D eigenvalue weighted by atomic mass is 14.7. The minimum Gasteiger partial charge on any atom is -0.284 e. The van der Waals surface area contributed by atoms with Crippen LogP contribution < -0.4 is 0 Å². The van der Waals surface area contributed by atoms with Gasteiger partial charge in [-0.15, -0.1) is 0 Å². The van der Waals surface area contributed by atoms with Gasteiger partial charge in [-0.3, -0.25) is 4.99 Å². The second kappa shape index (κ2) is 9.94. The Morgan fingerprint density at radius 1 is 1.18 bits per heavy atom. The third-order valence-electron chi connectivity index (χ3n) is 3.50. The van der Waals surface area contributed by atoms with Crippen molar-refractivity contribution in [2.45, 2.75) is 47.5 Å². The first-order chi connectivity index (χ1) is 10.7. The fraction of sp³-hybridized carbons (Fsp3) is 0.381. The van der Waals surface area contributed by atoms with Gasteiger partial charge < -0.3 is 0 Å². The van der Waals surface area contributed by atoms with Gasteiger partial charge in [-0.2, -0.15) is 0 Å². The lowest BCUT2D eigenvalue weighted by molar-refractivity contribution is 0.932. The van der Waals surface area contributed by atoms with Gasteiger partial charge in [0.1, 0.15) is 0 Å². The number of allylic oxidation sites excluding steroid dienone is 6. The van der Waals surface area contributed by atoms with Gasteiger partial charge in [-0.05, 0) is 56.9 Å². The Balaban J connectivity index is 3.31. The summed E-state index contributed by atoms with van der Waals surface area (Å²) in [7, 11) is 0. The molecule has 1 nitrogen and oxygen atoms in total. The highest BCUT2D eigenvalue weighted by molar-refractivity contribution is 6.14. The molecule has 118 valence electrons. The number of nitrogens with zero attached hydrogens (tertiary/aromatic N) is 1. The molecule has 0 aliphatic rings. The summed E-state index contributed by atoms with van der Waals surface area (Å²) in [5, 5.41) is 0. The molecule has 0 heterocycles. The van der Waals surface area contributed by atoms with Crippen LogP contribution in [0.25, 0.3) is 0 Å². The van der Waals surface area contributed by atoms with E-state index in [0.717, 1.165) is 25.1 Å². The second-order valence-corrected chi connectivity index (χ2v) is 5.42. The molecule has 0 saturated heterocycles. The molecule has 0 bridgehead atoms. The Morgan fingerprint density at radius 3 is 2.50 bits per heavy atom. The van der Waals surface area contributed by atoms with Gasteiger partial charge in [0.15, 0.2) is 0 Å². The molecule has 0 aromatic heterocycles. The minimum absolute atomic E-state index is 0.861. The SMILES string of the molecule is C/C=C/C(=C\C(=C/C)C(=N\CCC)\c1cccc(C)c1)CC. The van der Waals surface area contributed by atoms with Gasteiger partial charge in [0.2, 0.25) is 0 Å². The highest BCUT2D eigenvalue weighted by Gasteiger charge is 2.08. The molecule has 1 aromatic carbocycles. The first-order valence-electron chi connectivity index (χ1n) is 8.27. The highest BCUT2D eigenvalue weighted by Crippen LogP contribution is 2.17. The van der Waals surface area contributed by atoms with Crippen LogP contribution in [0.5, 0.6) is 0 Å². The monoisotopic (exact) mass is 295 g/mol. The molecule has 1 rings (SSSR count). The van der Waals surface area contributed by atoms with E-state index < -0.39 is 0 Å². The predicted octanol–water partition coefficient (Wildman–Crippen LogP) is 6.05. The van der Waals surface area contributed by atoms with Crippen LogP contribution in [0.2, 0.25) is 0 Å². The van der Waals surface area contributed by atoms with Crippen LogP contribution >= 0.6 is 0 Å². The van der Waals surface area contributed by atoms with E-state index >= 15 is 0 Å². The molecule has 1 heteroatoms. The number of benzene rings is 1. The Bertz CT molecular complexity index is 586. The van der Waals surface area contributed by atoms with E-state index in [1.165, 1.54) is 22.3 Å². The summed E-state index contributed by atoms with van der Waals surface area (Å²) in [5.74, 6) is 0. The van der Waals surface area contributed by atoms with E-state index in [9.17, 15) is 0 Å². The van der Waals surface area contributed by atoms with Crippen LogP contribution in [-0.4, -0.2) is 12.3 Å². The van der Waals surface area contributed by atoms with Crippen molar-refractivity contribution < 1.29 is 0 Å². The molecule has 1 aromatic rings. The van der Waals surface area contributed by atoms with Crippen LogP contribution in [0.4, 0.5) is 0 Å². The van der Waals surface area contributed by atoms with Gasteiger partial charge in [0.05, 0.1) is 5.71 Å². The maximum atomic E-state index is 4.85. The lowest BCUT2D eigenvalue weighted by Crippen LogP contribution is -2.06. The minimum atomic E-state index is 0.861. The number of aryl methyl sites for hydroxylation is 1. The van der Waals surface area contributed by atoms with Gasteiger partial charge in [0, 0.05) is 12.1 Å². The fourth-order valence-electron chi connectivity index (χ4n) is 2.34. The van der Waals surface area contributed by atoms with Crippen LogP contribution in [-0.2, 0) is 0 Å². The molecule has 0 fully saturated rings. The van der Waals surface area contributed by atoms with E-state index in [4.69, 9.17) is 4.99 Å². The topological polar surface area (TPSA) is 12.4 Å². The van der Waals surface area contributed by atoms with Gasteiger partial charge in [-0.1, -0.05) is 55.8 Å². The molecule has 22 heavy (non-hydrogen) atoms. The summed E-state index contributed by atoms with van der Waals surface area (Å²) in [6.07, 6.45) is 10.8. The molecule has 0 unspecified atom stereocenters. The Hall–Kier alpha value is -1.89. The van der Waals surface area contributed by atoms with Crippen molar-refractivity contribution in [3.63, 3.8) is 0 Å². The zero-order chi connectivity index (χ0) is 16.4. The van der Waals surface area contributed by atoms with E-state index in [2.05, 4.69) is 83.2 Å². The maximum absolute atomic E-state index is 4.85. The molecule has 0 amide bonds. The van der Waals surface area contributed by atoms with Crippen LogP contribution in [0.3, 0.4) is 0 Å². The molecule has 0 atom stereocenters. The van der Waals surface area contributed by atoms with Crippen LogP contribution in [0, 0.1) is 6.92 Å². The summed E-state index contributed by atoms with van der Waals surface area (Å²) in [5.41, 5.74) is 6.10. The zero-order valence-electron chi connectivity index (χ0n) is 14.7. The van der Waals surface area contributed by atoms with E-state index in [1.54, 1.807) is 0 Å². The molecule has 0 aliphatic carbocycles. The Morgan fingerprint density at radius 2 is 1.95 bits per heavy atom. The third-order valence-corrected chi connectivity index (χ3v) is 3.50. The maximum Gasteiger partial charge on any atom is 0.0715 e. The smallest absolute Gasteiger partial charge is 0.0715 e. The predicted molar refractivity (Wildman–Crippen MR) is 99.8 cm³/mol. The summed E-state index contributed by atoms with van der Waals surface area (Å²) in [6.45, 7) is 11.5. The quantitative estimate of drug-likeness (QED) is 0.428. The van der Waals surface area contributed by atoms with Crippen LogP contribution in [0.15, 0.2) is 64.7 Å². The molecule has 0 spiro atoms. The molecule has 0 N–H and O–H groups in total. The van der Waals surface area contributed by atoms with Crippen molar-refractivity contribution in [2.75, 3.05) is 6.54 Å². The molecule has 0 radical (unpaired) electrons. The summed E-state index contributed by atoms with van der Waals surface area (Å²) in [6, 6.07) is 8.60. The third kappa shape index (κ3) is 5.48. The van der Waals surface area contributed by atoms with Gasteiger partial charge in [-0.25, -0.2) is 0 Å². The summed E-state index contributed by atoms with van der Waals surface area (Å²) < 4.78 is 0. The zero-order valence-corrected chi connectivity index (χ0v) is 14.7. The number of rotatable bonds is 7. The lowest BCUT2D eigenvalue weighted by atomic mass is 9.97. The molecular weight excluding hydrogens is 266 g/mol. The number of aliphatic imine (C=N–C) groups is 1. The van der Waals surface area contributed by atoms with Crippen molar-refractivity contribution in [3.8, 4) is 0 Å². The van der Waals surface area contributed by atoms with Crippen molar-refractivity contribution in [3.05, 3.63) is 70.8 Å². The summed E-state index contributed by atoms with van der Waals surface area (Å²) >= 11 is 0. The summed E-state index contributed by atoms with van der Waals surface area (Å²) in [4.78, 5) is 4.85. The van der Waals surface area contributed by atoms with Crippen molar-refractivity contribution in [2.24, 2.45) is 4.99 Å². The van der Waals surface area contributed by atoms with E-state index in [-0.39, 0.29) is 0 Å². The lowest BCUT2D eigenvalue weighted by Gasteiger charge is -2.11. The largest absolute Gasteiger partial charge is 0.284 e. The van der Waals surface area contributed by atoms with Gasteiger partial charge >= 0.3 is 0 Å². The first-order valence-corrected chi connectivity index (χ1v) is 8.27. The standard InChI is InChI=1S/C21H29N/c1-6-11-18(8-3)16-19(9-4)21(22-14-7-2)20-13-10-12-17(5)15-20/h6,9-13,15-16H,7-8,14H2,1-5H3/b11-6+,18-16-,19-9+,22-21-. The fourth-order valence-corrected chi connectivity index (χ4v) is 2.34. The van der Waals surface area contributed by atoms with E-state index in [1.807, 2.05) is 0 Å². The molecule has 0 aliphatic heterocycles. The van der Waals surface area contributed by atoms with Crippen molar-refractivity contribution >= 4 is 5.71 Å². The Kier molecular flexibility index (Phi) is 8.21. The normalized spacial score (nSPS) is 14.0. The van der Waals surface area contributed by atoms with Crippen LogP contribution in [0.1, 0.15) is 51.7 Å². The molecule has 0 saturated carbocycles. The van der Waals surface area contributed by atoms with E-state index in [0.29, 0.717) is 0 Å². The second-order valence-electron chi connectivity index (χ2n) is 5.42. The van der Waals surface area contributed by atoms with Crippen molar-refractivity contribution in [1.82, 2.24) is 0 Å². The average molecular weight is 295 g/mol. The average Bonchev–Trinajstić information content (AvgIpc) is 2.53. The number of hydrogen-bond acceptors (Lipinski definition) is 1. The van der Waals surface area contributed by atoms with Gasteiger partial charge in [0.25, 0.3) is 0 Å². The first kappa shape index (κ1) is 18.2. The molecular formula is C21H29N. The number of hydrogen-bond donors (Lipinski definition) is 0. The Labute approximate surface area is 136 Å².